The Morgan fingerprint density at radius 3 is 2.23 bits per heavy atom. The number of hydrogen-bond acceptors (Lipinski definition) is 3. The number of halogens is 10. The lowest BCUT2D eigenvalue weighted by molar-refractivity contribution is -0.140. The number of ketones is 1. The van der Waals surface area contributed by atoms with E-state index in [-0.39, 0.29) is 11.3 Å². The topological polar surface area (TPSA) is 72.2 Å². The van der Waals surface area contributed by atoms with E-state index in [9.17, 15) is 40.3 Å². The molecule has 0 heterocycles. The lowest BCUT2D eigenvalue weighted by atomic mass is 10.0. The van der Waals surface area contributed by atoms with Crippen LogP contribution in [0.4, 0.5) is 42.1 Å². The second kappa shape index (κ2) is 10.2. The molecular formula is C25H14Cl3F7N2O2. The smallest absolute Gasteiger partial charge is 0.396 e. The van der Waals surface area contributed by atoms with E-state index in [4.69, 9.17) is 40.5 Å². The summed E-state index contributed by atoms with van der Waals surface area (Å²) in [6.07, 6.45) is -5.91. The van der Waals surface area contributed by atoms with Crippen molar-refractivity contribution in [2.75, 3.05) is 11.1 Å². The summed E-state index contributed by atoms with van der Waals surface area (Å²) in [5.74, 6) is -9.47. The summed E-state index contributed by atoms with van der Waals surface area (Å²) >= 11 is 18.2. The Morgan fingerprint density at radius 1 is 0.949 bits per heavy atom. The highest BCUT2D eigenvalue weighted by Crippen LogP contribution is 2.65. The Hall–Kier alpha value is -3.02. The molecule has 2 atom stereocenters. The van der Waals surface area contributed by atoms with Gasteiger partial charge in [-0.2, -0.15) is 13.2 Å². The molecule has 0 aromatic heterocycles. The highest BCUT2D eigenvalue weighted by atomic mass is 35.5. The van der Waals surface area contributed by atoms with Crippen LogP contribution >= 0.6 is 34.8 Å². The van der Waals surface area contributed by atoms with Crippen LogP contribution in [0.1, 0.15) is 33.0 Å². The number of nitrogens with one attached hydrogen (secondary N) is 1. The van der Waals surface area contributed by atoms with Crippen LogP contribution in [0.3, 0.4) is 0 Å². The molecule has 1 saturated carbocycles. The largest absolute Gasteiger partial charge is 0.419 e. The molecule has 39 heavy (non-hydrogen) atoms. The average Bonchev–Trinajstić information content (AvgIpc) is 3.42. The standard InChI is InChI=1S/C25H14Cl3F7N2O2/c26-21-12(18(38)8-11-14(29)3-4-17(36)22(11)32)6-10(7-16(21)31)37-23(39)20-19(24(20,27)28)9-1-2-15(30)13(5-9)25(33,34)35/h1-7,19-20H,8,36H2,(H,37,39)/t19-,20+/m0/s1. The van der Waals surface area contributed by atoms with Gasteiger partial charge in [-0.25, -0.2) is 17.6 Å². The third-order valence-corrected chi connectivity index (χ3v) is 7.46. The minimum atomic E-state index is -5.02. The van der Waals surface area contributed by atoms with Crippen molar-refractivity contribution in [3.8, 4) is 0 Å². The van der Waals surface area contributed by atoms with Gasteiger partial charge in [0, 0.05) is 29.2 Å². The fourth-order valence-electron chi connectivity index (χ4n) is 4.14. The highest BCUT2D eigenvalue weighted by molar-refractivity contribution is 6.53. The second-order valence-electron chi connectivity index (χ2n) is 8.70. The summed E-state index contributed by atoms with van der Waals surface area (Å²) in [5, 5.41) is 1.56. The lowest BCUT2D eigenvalue weighted by Crippen LogP contribution is -2.18. The normalized spacial score (nSPS) is 18.1. The Bertz CT molecular complexity index is 1510. The van der Waals surface area contributed by atoms with Gasteiger partial charge in [-0.05, 0) is 42.0 Å². The van der Waals surface area contributed by atoms with Gasteiger partial charge in [-0.15, -0.1) is 23.2 Å². The number of anilines is 2. The third kappa shape index (κ3) is 5.53. The van der Waals surface area contributed by atoms with Crippen molar-refractivity contribution >= 4 is 57.9 Å². The maximum atomic E-state index is 14.5. The summed E-state index contributed by atoms with van der Waals surface area (Å²) in [5.41, 5.74) is 1.69. The molecule has 3 aromatic carbocycles. The molecule has 4 rings (SSSR count). The number of hydrogen-bond donors (Lipinski definition) is 2. The maximum absolute atomic E-state index is 14.5. The fourth-order valence-corrected chi connectivity index (χ4v) is 5.18. The Labute approximate surface area is 230 Å². The first-order valence-corrected chi connectivity index (χ1v) is 12.0. The first-order valence-electron chi connectivity index (χ1n) is 10.8. The molecular weight excluding hydrogens is 600 g/mol. The molecule has 14 heteroatoms. The van der Waals surface area contributed by atoms with E-state index < -0.39 is 91.1 Å². The van der Waals surface area contributed by atoms with Crippen molar-refractivity contribution in [3.63, 3.8) is 0 Å². The van der Waals surface area contributed by atoms with Gasteiger partial charge in [0.1, 0.15) is 21.8 Å². The van der Waals surface area contributed by atoms with Crippen LogP contribution < -0.4 is 11.1 Å². The van der Waals surface area contributed by atoms with E-state index in [1.807, 2.05) is 0 Å². The molecule has 0 spiro atoms. The van der Waals surface area contributed by atoms with Crippen molar-refractivity contribution in [2.45, 2.75) is 22.8 Å². The average molecular weight is 614 g/mol. The molecule has 0 saturated heterocycles. The molecule has 1 aliphatic rings. The van der Waals surface area contributed by atoms with Crippen molar-refractivity contribution in [1.82, 2.24) is 0 Å². The van der Waals surface area contributed by atoms with Gasteiger partial charge in [0.2, 0.25) is 5.91 Å². The number of alkyl halides is 5. The molecule has 0 aliphatic heterocycles. The molecule has 4 nitrogen and oxygen atoms in total. The number of carbonyl (C=O) groups excluding carboxylic acids is 2. The zero-order valence-electron chi connectivity index (χ0n) is 19.1. The summed E-state index contributed by atoms with van der Waals surface area (Å²) in [6.45, 7) is 0. The van der Waals surface area contributed by atoms with Crippen molar-refractivity contribution in [2.24, 2.45) is 5.92 Å². The van der Waals surface area contributed by atoms with Gasteiger partial charge in [0.15, 0.2) is 11.6 Å². The SMILES string of the molecule is Nc1ccc(F)c(CC(=O)c2cc(NC(=O)[C@H]3[C@H](c4ccc(F)c(C(F)(F)F)c4)C3(Cl)Cl)cc(F)c2Cl)c1F. The van der Waals surface area contributed by atoms with E-state index in [1.165, 1.54) is 0 Å². The monoisotopic (exact) mass is 612 g/mol. The van der Waals surface area contributed by atoms with Crippen LogP contribution in [-0.2, 0) is 17.4 Å². The number of amides is 1. The first kappa shape index (κ1) is 29.0. The van der Waals surface area contributed by atoms with Crippen LogP contribution in [0.25, 0.3) is 0 Å². The van der Waals surface area contributed by atoms with Gasteiger partial charge in [0.05, 0.1) is 22.2 Å². The summed E-state index contributed by atoms with van der Waals surface area (Å²) in [4.78, 5) is 25.7. The van der Waals surface area contributed by atoms with Crippen LogP contribution in [0.2, 0.25) is 5.02 Å². The quantitative estimate of drug-likeness (QED) is 0.131. The van der Waals surface area contributed by atoms with E-state index in [0.717, 1.165) is 30.3 Å². The van der Waals surface area contributed by atoms with Crippen LogP contribution in [-0.4, -0.2) is 16.0 Å². The third-order valence-electron chi connectivity index (χ3n) is 6.14. The van der Waals surface area contributed by atoms with Crippen LogP contribution in [0, 0.1) is 29.2 Å². The van der Waals surface area contributed by atoms with Gasteiger partial charge in [0.25, 0.3) is 0 Å². The minimum absolute atomic E-state index is 0.168. The van der Waals surface area contributed by atoms with Gasteiger partial charge >= 0.3 is 6.18 Å². The van der Waals surface area contributed by atoms with Crippen LogP contribution in [0.15, 0.2) is 42.5 Å². The van der Waals surface area contributed by atoms with Crippen molar-refractivity contribution in [1.29, 1.82) is 0 Å². The molecule has 0 radical (unpaired) electrons. The molecule has 1 amide bonds. The number of Topliss-reactive ketones (excluding diaryl/α,β-unsaturated/α-hetero) is 1. The maximum Gasteiger partial charge on any atom is 0.419 e. The van der Waals surface area contributed by atoms with E-state index in [0.29, 0.717) is 12.1 Å². The minimum Gasteiger partial charge on any atom is -0.396 e. The van der Waals surface area contributed by atoms with Gasteiger partial charge in [-0.3, -0.25) is 9.59 Å². The number of carbonyl (C=O) groups is 2. The Morgan fingerprint density at radius 2 is 1.59 bits per heavy atom. The molecule has 206 valence electrons. The Balaban J connectivity index is 1.58. The lowest BCUT2D eigenvalue weighted by Gasteiger charge is -2.12. The molecule has 0 bridgehead atoms. The van der Waals surface area contributed by atoms with Crippen LogP contribution in [0.5, 0.6) is 0 Å². The molecule has 1 fully saturated rings. The van der Waals surface area contributed by atoms with Crippen molar-refractivity contribution in [3.05, 3.63) is 93.0 Å². The van der Waals surface area contributed by atoms with Gasteiger partial charge < -0.3 is 11.1 Å². The predicted molar refractivity (Wildman–Crippen MR) is 131 cm³/mol. The molecule has 3 N–H and O–H groups in total. The van der Waals surface area contributed by atoms with Crippen molar-refractivity contribution < 1.29 is 40.3 Å². The number of benzene rings is 3. The fraction of sp³-hybridized carbons (Fsp3) is 0.200. The summed E-state index contributed by atoms with van der Waals surface area (Å²) in [6, 6.07) is 5.52. The predicted octanol–water partition coefficient (Wildman–Crippen LogP) is 7.45. The summed E-state index contributed by atoms with van der Waals surface area (Å²) < 4.78 is 94.0. The number of nitrogen functional groups attached to an aromatic ring is 1. The highest BCUT2D eigenvalue weighted by Gasteiger charge is 2.67. The number of nitrogens with two attached hydrogens (primary N) is 1. The second-order valence-corrected chi connectivity index (χ2v) is 10.5. The molecule has 3 aromatic rings. The zero-order valence-corrected chi connectivity index (χ0v) is 21.3. The zero-order chi connectivity index (χ0) is 29.0. The van der Waals surface area contributed by atoms with E-state index in [1.54, 1.807) is 0 Å². The molecule has 1 aliphatic carbocycles. The van der Waals surface area contributed by atoms with E-state index in [2.05, 4.69) is 5.32 Å². The first-order chi connectivity index (χ1) is 18.0. The molecule has 0 unspecified atom stereocenters. The van der Waals surface area contributed by atoms with Gasteiger partial charge in [-0.1, -0.05) is 17.7 Å². The summed E-state index contributed by atoms with van der Waals surface area (Å²) in [7, 11) is 0. The van der Waals surface area contributed by atoms with E-state index >= 15 is 0 Å². The number of rotatable bonds is 6. The Kier molecular flexibility index (Phi) is 7.57.